The Morgan fingerprint density at radius 1 is 1.11 bits per heavy atom. The number of aromatic nitrogens is 2. The first-order chi connectivity index (χ1) is 8.70. The Morgan fingerprint density at radius 2 is 1.94 bits per heavy atom. The fraction of sp³-hybridized carbons (Fsp3) is 0.154. The van der Waals surface area contributed by atoms with Crippen molar-refractivity contribution in [3.05, 3.63) is 46.3 Å². The highest BCUT2D eigenvalue weighted by Crippen LogP contribution is 2.27. The Labute approximate surface area is 115 Å². The molecule has 2 aromatic rings. The molecule has 0 aliphatic rings. The van der Waals surface area contributed by atoms with Crippen LogP contribution in [0.15, 0.2) is 30.6 Å². The van der Waals surface area contributed by atoms with E-state index in [0.29, 0.717) is 22.9 Å². The van der Waals surface area contributed by atoms with Crippen LogP contribution in [0.25, 0.3) is 11.3 Å². The van der Waals surface area contributed by atoms with Gasteiger partial charge in [-0.05, 0) is 24.6 Å². The molecule has 92 valence electrons. The number of halogens is 2. The van der Waals surface area contributed by atoms with Crippen LogP contribution in [0, 0.1) is 0 Å². The number of aryl methyl sites for hydroxylation is 1. The summed E-state index contributed by atoms with van der Waals surface area (Å²) in [4.78, 5) is 18.6. The van der Waals surface area contributed by atoms with E-state index in [1.54, 1.807) is 12.1 Å². The van der Waals surface area contributed by atoms with Gasteiger partial charge in [-0.2, -0.15) is 0 Å². The number of carbonyl (C=O) groups excluding carboxylic acids is 1. The van der Waals surface area contributed by atoms with E-state index in [0.717, 1.165) is 23.2 Å². The number of nitrogens with zero attached hydrogens (tertiary/aromatic N) is 2. The second-order valence-corrected chi connectivity index (χ2v) is 4.54. The topological polar surface area (TPSA) is 42.9 Å². The summed E-state index contributed by atoms with van der Waals surface area (Å²) in [6.45, 7) is 0. The van der Waals surface area contributed by atoms with E-state index in [-0.39, 0.29) is 0 Å². The van der Waals surface area contributed by atoms with Gasteiger partial charge in [0, 0.05) is 17.7 Å². The van der Waals surface area contributed by atoms with E-state index in [4.69, 9.17) is 23.2 Å². The summed E-state index contributed by atoms with van der Waals surface area (Å²) in [5.74, 6) is 0. The molecule has 0 radical (unpaired) electrons. The van der Waals surface area contributed by atoms with Crippen molar-refractivity contribution >= 4 is 29.5 Å². The minimum atomic E-state index is 0.456. The maximum absolute atomic E-state index is 10.3. The highest BCUT2D eigenvalue weighted by atomic mass is 35.5. The molecule has 3 nitrogen and oxygen atoms in total. The third-order valence-electron chi connectivity index (χ3n) is 2.46. The quantitative estimate of drug-likeness (QED) is 0.804. The highest BCUT2D eigenvalue weighted by molar-refractivity contribution is 6.42. The van der Waals surface area contributed by atoms with Gasteiger partial charge in [-0.3, -0.25) is 0 Å². The molecule has 0 spiro atoms. The van der Waals surface area contributed by atoms with Gasteiger partial charge < -0.3 is 4.79 Å². The summed E-state index contributed by atoms with van der Waals surface area (Å²) in [5.41, 5.74) is 2.47. The van der Waals surface area contributed by atoms with Crippen molar-refractivity contribution in [2.75, 3.05) is 0 Å². The maximum atomic E-state index is 10.3. The number of hydrogen-bond acceptors (Lipinski definition) is 3. The molecule has 0 saturated carbocycles. The van der Waals surface area contributed by atoms with Crippen molar-refractivity contribution < 1.29 is 4.79 Å². The van der Waals surface area contributed by atoms with Gasteiger partial charge in [-0.25, -0.2) is 9.97 Å². The first kappa shape index (κ1) is 13.0. The monoisotopic (exact) mass is 280 g/mol. The number of hydrogen-bond donors (Lipinski definition) is 0. The smallest absolute Gasteiger partial charge is 0.120 e. The molecular weight excluding hydrogens is 271 g/mol. The van der Waals surface area contributed by atoms with Crippen molar-refractivity contribution in [2.45, 2.75) is 12.8 Å². The summed E-state index contributed by atoms with van der Waals surface area (Å²) in [5, 5.41) is 0.998. The van der Waals surface area contributed by atoms with Crippen LogP contribution < -0.4 is 0 Å². The number of carbonyl (C=O) groups is 1. The van der Waals surface area contributed by atoms with Crippen molar-refractivity contribution in [1.82, 2.24) is 9.97 Å². The molecule has 0 saturated heterocycles. The average Bonchev–Trinajstić information content (AvgIpc) is 2.40. The van der Waals surface area contributed by atoms with Gasteiger partial charge in [0.2, 0.25) is 0 Å². The predicted octanol–water partition coefficient (Wildman–Crippen LogP) is 3.58. The van der Waals surface area contributed by atoms with Crippen molar-refractivity contribution in [1.29, 1.82) is 0 Å². The van der Waals surface area contributed by atoms with Crippen LogP contribution >= 0.6 is 23.2 Å². The van der Waals surface area contributed by atoms with E-state index in [9.17, 15) is 4.79 Å². The molecule has 1 aromatic heterocycles. The molecule has 0 amide bonds. The standard InChI is InChI=1S/C13H10Cl2N2O/c14-11-4-3-9(6-12(11)15)13-7-10(2-1-5-18)16-8-17-13/h3-8H,1-2H2. The number of rotatable bonds is 4. The Balaban J connectivity index is 2.32. The highest BCUT2D eigenvalue weighted by Gasteiger charge is 2.05. The molecule has 2 rings (SSSR count). The van der Waals surface area contributed by atoms with Gasteiger partial charge in [0.1, 0.15) is 12.6 Å². The zero-order chi connectivity index (χ0) is 13.0. The molecule has 0 bridgehead atoms. The first-order valence-electron chi connectivity index (χ1n) is 5.40. The van der Waals surface area contributed by atoms with Gasteiger partial charge in [-0.15, -0.1) is 0 Å². The van der Waals surface area contributed by atoms with Crippen LogP contribution in [0.2, 0.25) is 10.0 Å². The van der Waals surface area contributed by atoms with Gasteiger partial charge in [-0.1, -0.05) is 29.3 Å². The fourth-order valence-electron chi connectivity index (χ4n) is 1.55. The van der Waals surface area contributed by atoms with E-state index in [1.165, 1.54) is 6.33 Å². The van der Waals surface area contributed by atoms with Crippen LogP contribution in [0.5, 0.6) is 0 Å². The van der Waals surface area contributed by atoms with Crippen LogP contribution in [0.4, 0.5) is 0 Å². The van der Waals surface area contributed by atoms with Crippen LogP contribution in [0.1, 0.15) is 12.1 Å². The van der Waals surface area contributed by atoms with Crippen LogP contribution in [-0.4, -0.2) is 16.3 Å². The molecule has 5 heteroatoms. The average molecular weight is 281 g/mol. The van der Waals surface area contributed by atoms with Gasteiger partial charge in [0.15, 0.2) is 0 Å². The zero-order valence-electron chi connectivity index (χ0n) is 9.44. The summed E-state index contributed by atoms with van der Waals surface area (Å²) < 4.78 is 0. The lowest BCUT2D eigenvalue weighted by atomic mass is 10.1. The number of benzene rings is 1. The minimum Gasteiger partial charge on any atom is -0.303 e. The second-order valence-electron chi connectivity index (χ2n) is 3.73. The second kappa shape index (κ2) is 5.94. The SMILES string of the molecule is O=CCCc1cc(-c2ccc(Cl)c(Cl)c2)ncn1. The Hall–Kier alpha value is -1.45. The maximum Gasteiger partial charge on any atom is 0.120 e. The lowest BCUT2D eigenvalue weighted by molar-refractivity contribution is -0.107. The van der Waals surface area contributed by atoms with Gasteiger partial charge in [0.25, 0.3) is 0 Å². The lowest BCUT2D eigenvalue weighted by Crippen LogP contribution is -1.94. The molecule has 1 heterocycles. The molecule has 0 aliphatic carbocycles. The van der Waals surface area contributed by atoms with Crippen molar-refractivity contribution in [3.63, 3.8) is 0 Å². The van der Waals surface area contributed by atoms with Gasteiger partial charge in [0.05, 0.1) is 15.7 Å². The molecule has 18 heavy (non-hydrogen) atoms. The molecule has 0 unspecified atom stereocenters. The van der Waals surface area contributed by atoms with E-state index in [1.807, 2.05) is 12.1 Å². The van der Waals surface area contributed by atoms with Crippen molar-refractivity contribution in [2.24, 2.45) is 0 Å². The van der Waals surface area contributed by atoms with Gasteiger partial charge >= 0.3 is 0 Å². The third kappa shape index (κ3) is 3.06. The fourth-order valence-corrected chi connectivity index (χ4v) is 1.85. The Morgan fingerprint density at radius 3 is 2.67 bits per heavy atom. The minimum absolute atomic E-state index is 0.456. The van der Waals surface area contributed by atoms with Crippen molar-refractivity contribution in [3.8, 4) is 11.3 Å². The normalized spacial score (nSPS) is 10.3. The van der Waals surface area contributed by atoms with E-state index in [2.05, 4.69) is 9.97 Å². The molecule has 0 fully saturated rings. The number of aldehydes is 1. The molecular formula is C13H10Cl2N2O. The molecule has 1 aromatic carbocycles. The molecule has 0 atom stereocenters. The Bertz CT molecular complexity index is 573. The largest absolute Gasteiger partial charge is 0.303 e. The van der Waals surface area contributed by atoms with Crippen LogP contribution in [-0.2, 0) is 11.2 Å². The zero-order valence-corrected chi connectivity index (χ0v) is 10.9. The third-order valence-corrected chi connectivity index (χ3v) is 3.20. The molecule has 0 N–H and O–H groups in total. The van der Waals surface area contributed by atoms with E-state index >= 15 is 0 Å². The summed E-state index contributed by atoms with van der Waals surface area (Å²) in [7, 11) is 0. The lowest BCUT2D eigenvalue weighted by Gasteiger charge is -2.04. The van der Waals surface area contributed by atoms with Crippen LogP contribution in [0.3, 0.4) is 0 Å². The summed E-state index contributed by atoms with van der Waals surface area (Å²) in [6.07, 6.45) is 3.43. The summed E-state index contributed by atoms with van der Waals surface area (Å²) >= 11 is 11.8. The Kier molecular flexibility index (Phi) is 4.28. The van der Waals surface area contributed by atoms with E-state index < -0.39 is 0 Å². The molecule has 0 aliphatic heterocycles. The predicted molar refractivity (Wildman–Crippen MR) is 71.9 cm³/mol. The summed E-state index contributed by atoms with van der Waals surface area (Å²) in [6, 6.07) is 7.19. The first-order valence-corrected chi connectivity index (χ1v) is 6.16.